The topological polar surface area (TPSA) is 79.4 Å². The van der Waals surface area contributed by atoms with Crippen LogP contribution < -0.4 is 9.62 Å². The van der Waals surface area contributed by atoms with E-state index in [0.717, 1.165) is 4.88 Å². The Labute approximate surface area is 198 Å². The molecule has 2 aromatic heterocycles. The van der Waals surface area contributed by atoms with E-state index in [2.05, 4.69) is 9.71 Å². The lowest BCUT2D eigenvalue weighted by atomic mass is 10.1. The predicted molar refractivity (Wildman–Crippen MR) is 125 cm³/mol. The monoisotopic (exact) mass is 511 g/mol. The Bertz CT molecular complexity index is 1330. The number of hydrogen-bond donors (Lipinski definition) is 1. The van der Waals surface area contributed by atoms with Gasteiger partial charge in [-0.3, -0.25) is 14.5 Å². The van der Waals surface area contributed by atoms with Gasteiger partial charge in [0.25, 0.3) is 5.91 Å². The molecule has 0 bridgehead atoms. The van der Waals surface area contributed by atoms with Crippen molar-refractivity contribution in [3.8, 4) is 11.1 Å². The van der Waals surface area contributed by atoms with Crippen LogP contribution in [0.4, 0.5) is 10.1 Å². The van der Waals surface area contributed by atoms with Gasteiger partial charge in [0, 0.05) is 29.4 Å². The Morgan fingerprint density at radius 2 is 2.00 bits per heavy atom. The Morgan fingerprint density at radius 1 is 1.19 bits per heavy atom. The molecule has 0 radical (unpaired) electrons. The number of pyridine rings is 1. The number of aryl methyl sites for hydroxylation is 1. The molecule has 1 aliphatic rings. The zero-order valence-corrected chi connectivity index (χ0v) is 19.5. The lowest BCUT2D eigenvalue weighted by Crippen LogP contribution is -2.34. The van der Waals surface area contributed by atoms with Gasteiger partial charge in [0.15, 0.2) is 0 Å². The average molecular weight is 512 g/mol. The summed E-state index contributed by atoms with van der Waals surface area (Å²) < 4.78 is 42.6. The van der Waals surface area contributed by atoms with Crippen molar-refractivity contribution in [3.05, 3.63) is 80.6 Å². The van der Waals surface area contributed by atoms with Gasteiger partial charge in [-0.1, -0.05) is 29.3 Å². The van der Waals surface area contributed by atoms with Crippen LogP contribution in [0.5, 0.6) is 0 Å². The molecule has 1 N–H and O–H groups in total. The second kappa shape index (κ2) is 9.19. The lowest BCUT2D eigenvalue weighted by Gasteiger charge is -2.18. The summed E-state index contributed by atoms with van der Waals surface area (Å²) in [5, 5.41) is 0.375. The van der Waals surface area contributed by atoms with E-state index in [1.165, 1.54) is 40.6 Å². The van der Waals surface area contributed by atoms with Crippen molar-refractivity contribution in [1.82, 2.24) is 9.71 Å². The quantitative estimate of drug-likeness (QED) is 0.500. The maximum Gasteiger partial charge on any atom is 0.275 e. The zero-order chi connectivity index (χ0) is 22.9. The average Bonchev–Trinajstić information content (AvgIpc) is 3.32. The molecule has 1 aromatic carbocycles. The molecule has 4 rings (SSSR count). The second-order valence-electron chi connectivity index (χ2n) is 6.93. The van der Waals surface area contributed by atoms with E-state index in [1.54, 1.807) is 30.5 Å². The molecule has 1 amide bonds. The highest BCUT2D eigenvalue weighted by atomic mass is 35.5. The van der Waals surface area contributed by atoms with Crippen molar-refractivity contribution in [1.29, 1.82) is 0 Å². The van der Waals surface area contributed by atoms with E-state index in [4.69, 9.17) is 23.2 Å². The Hall–Kier alpha value is -2.46. The molecule has 3 aromatic rings. The summed E-state index contributed by atoms with van der Waals surface area (Å²) in [6.07, 6.45) is 4.70. The van der Waals surface area contributed by atoms with Crippen LogP contribution in [0.1, 0.15) is 4.88 Å². The molecular weight excluding hydrogens is 496 g/mol. The SMILES string of the molecule is O=C1C(NS(=O)(=O)CCc2ccc(Cl)s2)=CCN1c1ccc(-c2ccncc2Cl)cc1F. The molecule has 0 aliphatic carbocycles. The van der Waals surface area contributed by atoms with Gasteiger partial charge < -0.3 is 4.90 Å². The molecule has 0 atom stereocenters. The van der Waals surface area contributed by atoms with Crippen LogP contribution in [0.2, 0.25) is 9.36 Å². The second-order valence-corrected chi connectivity index (χ2v) is 11.0. The molecule has 0 saturated heterocycles. The summed E-state index contributed by atoms with van der Waals surface area (Å²) in [6, 6.07) is 9.50. The molecule has 166 valence electrons. The third kappa shape index (κ3) is 4.96. The van der Waals surface area contributed by atoms with E-state index >= 15 is 0 Å². The summed E-state index contributed by atoms with van der Waals surface area (Å²) in [6.45, 7) is 0.0451. The number of anilines is 1. The first kappa shape index (κ1) is 22.7. The number of carbonyl (C=O) groups is 1. The fraction of sp³-hybridized carbons (Fsp3) is 0.143. The number of nitrogens with one attached hydrogen (secondary N) is 1. The highest BCUT2D eigenvalue weighted by Crippen LogP contribution is 2.32. The van der Waals surface area contributed by atoms with Crippen molar-refractivity contribution >= 4 is 56.2 Å². The first-order valence-electron chi connectivity index (χ1n) is 9.40. The Morgan fingerprint density at radius 3 is 2.69 bits per heavy atom. The molecule has 11 heteroatoms. The van der Waals surface area contributed by atoms with Crippen molar-refractivity contribution < 1.29 is 17.6 Å². The fourth-order valence-corrected chi connectivity index (χ4v) is 5.77. The van der Waals surface area contributed by atoms with Gasteiger partial charge in [-0.15, -0.1) is 11.3 Å². The number of halogens is 3. The summed E-state index contributed by atoms with van der Waals surface area (Å²) in [4.78, 5) is 18.6. The molecular formula is C21H16Cl2FN3O3S2. The largest absolute Gasteiger partial charge is 0.300 e. The fourth-order valence-electron chi connectivity index (χ4n) is 3.23. The minimum absolute atomic E-state index is 0.0441. The number of hydrogen-bond acceptors (Lipinski definition) is 5. The summed E-state index contributed by atoms with van der Waals surface area (Å²) in [5.74, 6) is -1.46. The number of benzene rings is 1. The standard InChI is InChI=1S/C21H16Cl2FN3O3S2/c22-16-12-25-8-5-15(16)13-1-3-19(17(24)11-13)27-9-6-18(21(27)28)26-32(29,30)10-7-14-2-4-20(23)31-14/h1-6,8,11-12,26H,7,9-10H2. The van der Waals surface area contributed by atoms with Gasteiger partial charge in [-0.2, -0.15) is 0 Å². The molecule has 0 saturated carbocycles. The highest BCUT2D eigenvalue weighted by molar-refractivity contribution is 7.89. The maximum atomic E-state index is 14.8. The van der Waals surface area contributed by atoms with Gasteiger partial charge in [0.1, 0.15) is 11.5 Å². The molecule has 0 spiro atoms. The normalized spacial score (nSPS) is 14.0. The minimum Gasteiger partial charge on any atom is -0.300 e. The van der Waals surface area contributed by atoms with Crippen LogP contribution in [0.25, 0.3) is 11.1 Å². The lowest BCUT2D eigenvalue weighted by molar-refractivity contribution is -0.114. The van der Waals surface area contributed by atoms with Gasteiger partial charge >= 0.3 is 0 Å². The Balaban J connectivity index is 1.45. The van der Waals surface area contributed by atoms with Gasteiger partial charge in [-0.05, 0) is 48.4 Å². The van der Waals surface area contributed by atoms with Crippen LogP contribution in [0.15, 0.2) is 60.6 Å². The summed E-state index contributed by atoms with van der Waals surface area (Å²) in [7, 11) is -3.77. The van der Waals surface area contributed by atoms with Gasteiger partial charge in [-0.25, -0.2) is 12.8 Å². The number of rotatable bonds is 7. The van der Waals surface area contributed by atoms with Crippen LogP contribution in [-0.4, -0.2) is 31.6 Å². The van der Waals surface area contributed by atoms with Crippen LogP contribution in [0, 0.1) is 5.82 Å². The van der Waals surface area contributed by atoms with E-state index in [0.29, 0.717) is 20.5 Å². The third-order valence-electron chi connectivity index (χ3n) is 4.79. The molecule has 0 fully saturated rings. The van der Waals surface area contributed by atoms with E-state index in [-0.39, 0.29) is 30.1 Å². The molecule has 6 nitrogen and oxygen atoms in total. The van der Waals surface area contributed by atoms with E-state index in [1.807, 2.05) is 0 Å². The molecule has 1 aliphatic heterocycles. The minimum atomic E-state index is -3.77. The predicted octanol–water partition coefficient (Wildman–Crippen LogP) is 4.65. The van der Waals surface area contributed by atoms with Crippen molar-refractivity contribution in [3.63, 3.8) is 0 Å². The molecule has 0 unspecified atom stereocenters. The third-order valence-corrected chi connectivity index (χ3v) is 7.65. The Kier molecular flexibility index (Phi) is 6.52. The number of thiophene rings is 1. The number of aromatic nitrogens is 1. The van der Waals surface area contributed by atoms with Crippen LogP contribution >= 0.6 is 34.5 Å². The first-order valence-corrected chi connectivity index (χ1v) is 12.6. The summed E-state index contributed by atoms with van der Waals surface area (Å²) in [5.41, 5.74) is 1.09. The van der Waals surface area contributed by atoms with E-state index < -0.39 is 21.7 Å². The number of carbonyl (C=O) groups excluding carboxylic acids is 1. The number of sulfonamides is 1. The number of nitrogens with zero attached hydrogens (tertiary/aromatic N) is 2. The van der Waals surface area contributed by atoms with Gasteiger partial charge in [0.2, 0.25) is 10.0 Å². The van der Waals surface area contributed by atoms with Gasteiger partial charge in [0.05, 0.1) is 20.8 Å². The van der Waals surface area contributed by atoms with Crippen molar-refractivity contribution in [2.24, 2.45) is 0 Å². The highest BCUT2D eigenvalue weighted by Gasteiger charge is 2.30. The van der Waals surface area contributed by atoms with Crippen LogP contribution in [-0.2, 0) is 21.2 Å². The van der Waals surface area contributed by atoms with Crippen molar-refractivity contribution in [2.75, 3.05) is 17.2 Å². The zero-order valence-electron chi connectivity index (χ0n) is 16.4. The smallest absolute Gasteiger partial charge is 0.275 e. The maximum absolute atomic E-state index is 14.8. The number of amides is 1. The molecule has 32 heavy (non-hydrogen) atoms. The van der Waals surface area contributed by atoms with Crippen molar-refractivity contribution in [2.45, 2.75) is 6.42 Å². The summed E-state index contributed by atoms with van der Waals surface area (Å²) >= 11 is 13.3. The van der Waals surface area contributed by atoms with Crippen LogP contribution in [0.3, 0.4) is 0 Å². The van der Waals surface area contributed by atoms with E-state index in [9.17, 15) is 17.6 Å². The molecule has 3 heterocycles. The first-order chi connectivity index (χ1) is 15.2.